The largest absolute Gasteiger partial charge is 0.0807 e. The summed E-state index contributed by atoms with van der Waals surface area (Å²) in [4.78, 5) is 0. The highest BCUT2D eigenvalue weighted by Crippen LogP contribution is 2.37. The summed E-state index contributed by atoms with van der Waals surface area (Å²) in [6, 6.07) is 24.6. The lowest BCUT2D eigenvalue weighted by Crippen LogP contribution is -1.98. The van der Waals surface area contributed by atoms with E-state index in [1.54, 1.807) is 0 Å². The lowest BCUT2D eigenvalue weighted by Gasteiger charge is -2.17. The summed E-state index contributed by atoms with van der Waals surface area (Å²) in [6.07, 6.45) is 8.03. The Kier molecular flexibility index (Phi) is 3.24. The molecule has 0 bridgehead atoms. The van der Waals surface area contributed by atoms with Gasteiger partial charge in [-0.25, -0.2) is 0 Å². The van der Waals surface area contributed by atoms with Crippen molar-refractivity contribution >= 4 is 32.3 Å². The summed E-state index contributed by atoms with van der Waals surface area (Å²) in [5.41, 5.74) is 2.78. The first-order chi connectivity index (χ1) is 12.3. The van der Waals surface area contributed by atoms with Gasteiger partial charge in [-0.3, -0.25) is 0 Å². The number of benzene rings is 4. The number of rotatable bonds is 1. The third kappa shape index (κ3) is 2.29. The molecule has 0 nitrogen and oxygen atoms in total. The molecule has 0 saturated carbocycles. The topological polar surface area (TPSA) is 0 Å². The van der Waals surface area contributed by atoms with Crippen LogP contribution in [0.4, 0.5) is 0 Å². The van der Waals surface area contributed by atoms with Crippen LogP contribution in [0.5, 0.6) is 0 Å². The van der Waals surface area contributed by atoms with Gasteiger partial charge >= 0.3 is 0 Å². The lowest BCUT2D eigenvalue weighted by molar-refractivity contribution is 0.847. The van der Waals surface area contributed by atoms with Crippen LogP contribution in [0.15, 0.2) is 90.5 Å². The first-order valence-corrected chi connectivity index (χ1v) is 8.99. The molecule has 0 saturated heterocycles. The molecule has 4 aromatic rings. The molecule has 0 heteroatoms. The fourth-order valence-electron chi connectivity index (χ4n) is 4.13. The van der Waals surface area contributed by atoms with Gasteiger partial charge < -0.3 is 0 Å². The van der Waals surface area contributed by atoms with E-state index in [9.17, 15) is 0 Å². The molecule has 0 radical (unpaired) electrons. The van der Waals surface area contributed by atoms with Gasteiger partial charge in [-0.05, 0) is 57.3 Å². The zero-order chi connectivity index (χ0) is 16.8. The van der Waals surface area contributed by atoms with Gasteiger partial charge in [0.2, 0.25) is 0 Å². The average Bonchev–Trinajstić information content (AvgIpc) is 2.68. The van der Waals surface area contributed by atoms with E-state index in [0.717, 1.165) is 6.42 Å². The molecular weight excluding hydrogens is 300 g/mol. The predicted molar refractivity (Wildman–Crippen MR) is 109 cm³/mol. The summed E-state index contributed by atoms with van der Waals surface area (Å²) >= 11 is 0. The maximum absolute atomic E-state index is 2.41. The Morgan fingerprint density at radius 2 is 1.24 bits per heavy atom. The van der Waals surface area contributed by atoms with Crippen molar-refractivity contribution in [1.82, 2.24) is 0 Å². The Balaban J connectivity index is 1.83. The minimum Gasteiger partial charge on any atom is -0.0807 e. The highest BCUT2D eigenvalue weighted by molar-refractivity contribution is 6.25. The van der Waals surface area contributed by atoms with Gasteiger partial charge in [-0.15, -0.1) is 0 Å². The molecule has 0 fully saturated rings. The quantitative estimate of drug-likeness (QED) is 0.327. The van der Waals surface area contributed by atoms with Gasteiger partial charge in [-0.2, -0.15) is 0 Å². The fraction of sp³-hybridized carbons (Fsp3) is 0.120. The third-order valence-electron chi connectivity index (χ3n) is 5.48. The highest BCUT2D eigenvalue weighted by Gasteiger charge is 2.13. The summed E-state index contributed by atoms with van der Waals surface area (Å²) in [7, 11) is 0. The Morgan fingerprint density at radius 3 is 1.80 bits per heavy atom. The minimum atomic E-state index is 0.485. The molecule has 0 N–H and O–H groups in total. The number of allylic oxidation sites excluding steroid dienone is 4. The van der Waals surface area contributed by atoms with Crippen LogP contribution >= 0.6 is 0 Å². The van der Waals surface area contributed by atoms with E-state index < -0.39 is 0 Å². The Morgan fingerprint density at radius 1 is 0.680 bits per heavy atom. The van der Waals surface area contributed by atoms with Gasteiger partial charge in [0, 0.05) is 5.92 Å². The van der Waals surface area contributed by atoms with E-state index in [1.807, 2.05) is 0 Å². The highest BCUT2D eigenvalue weighted by atomic mass is 14.2. The summed E-state index contributed by atoms with van der Waals surface area (Å²) < 4.78 is 0. The van der Waals surface area contributed by atoms with E-state index in [4.69, 9.17) is 0 Å². The SMILES string of the molecule is CC1=CCC(c2ccc3c4ccccc4c4ccccc4c3c2)C=C1. The Labute approximate surface area is 148 Å². The molecule has 120 valence electrons. The van der Waals surface area contributed by atoms with Crippen molar-refractivity contribution in [2.75, 3.05) is 0 Å². The van der Waals surface area contributed by atoms with Gasteiger partial charge in [0.25, 0.3) is 0 Å². The van der Waals surface area contributed by atoms with Crippen LogP contribution in [-0.4, -0.2) is 0 Å². The van der Waals surface area contributed by atoms with E-state index >= 15 is 0 Å². The second kappa shape index (κ2) is 5.60. The molecule has 1 aliphatic rings. The van der Waals surface area contributed by atoms with Crippen molar-refractivity contribution in [3.05, 3.63) is 96.1 Å². The second-order valence-corrected chi connectivity index (χ2v) is 7.05. The molecule has 0 spiro atoms. The molecule has 1 aliphatic carbocycles. The first-order valence-electron chi connectivity index (χ1n) is 8.99. The molecule has 0 amide bonds. The van der Waals surface area contributed by atoms with Crippen molar-refractivity contribution in [2.24, 2.45) is 0 Å². The molecule has 0 heterocycles. The van der Waals surface area contributed by atoms with Crippen LogP contribution in [0.1, 0.15) is 24.8 Å². The van der Waals surface area contributed by atoms with Crippen molar-refractivity contribution in [3.8, 4) is 0 Å². The average molecular weight is 320 g/mol. The molecule has 4 aromatic carbocycles. The van der Waals surface area contributed by atoms with Crippen LogP contribution in [0, 0.1) is 0 Å². The van der Waals surface area contributed by atoms with E-state index in [1.165, 1.54) is 43.5 Å². The molecule has 1 unspecified atom stereocenters. The molecule has 1 atom stereocenters. The van der Waals surface area contributed by atoms with E-state index in [-0.39, 0.29) is 0 Å². The van der Waals surface area contributed by atoms with Crippen LogP contribution in [0.2, 0.25) is 0 Å². The zero-order valence-electron chi connectivity index (χ0n) is 14.4. The normalized spacial score (nSPS) is 17.3. The lowest BCUT2D eigenvalue weighted by atomic mass is 9.87. The number of fused-ring (bicyclic) bond motifs is 6. The van der Waals surface area contributed by atoms with Crippen molar-refractivity contribution in [1.29, 1.82) is 0 Å². The summed E-state index contributed by atoms with van der Waals surface area (Å²) in [6.45, 7) is 2.17. The summed E-state index contributed by atoms with van der Waals surface area (Å²) in [5.74, 6) is 0.485. The number of hydrogen-bond acceptors (Lipinski definition) is 0. The molecular formula is C25H20. The van der Waals surface area contributed by atoms with Gasteiger partial charge in [0.15, 0.2) is 0 Å². The van der Waals surface area contributed by atoms with Crippen molar-refractivity contribution < 1.29 is 0 Å². The Hall–Kier alpha value is -2.86. The minimum absolute atomic E-state index is 0.485. The molecule has 0 aromatic heterocycles. The van der Waals surface area contributed by atoms with Crippen molar-refractivity contribution in [2.45, 2.75) is 19.3 Å². The predicted octanol–water partition coefficient (Wildman–Crippen LogP) is 7.14. The maximum atomic E-state index is 2.41. The summed E-state index contributed by atoms with van der Waals surface area (Å²) in [5, 5.41) is 8.10. The van der Waals surface area contributed by atoms with Gasteiger partial charge in [0.1, 0.15) is 0 Å². The van der Waals surface area contributed by atoms with Crippen molar-refractivity contribution in [3.63, 3.8) is 0 Å². The second-order valence-electron chi connectivity index (χ2n) is 7.05. The molecule has 5 rings (SSSR count). The fourth-order valence-corrected chi connectivity index (χ4v) is 4.13. The molecule has 25 heavy (non-hydrogen) atoms. The number of hydrogen-bond donors (Lipinski definition) is 0. The standard InChI is InChI=1S/C25H20/c1-17-10-12-18(13-11-17)19-14-15-24-22-8-3-2-6-20(22)21-7-4-5-9-23(21)25(24)16-19/h2-12,14-16,18H,13H2,1H3. The van der Waals surface area contributed by atoms with E-state index in [0.29, 0.717) is 5.92 Å². The smallest absolute Gasteiger partial charge is 0.00561 e. The van der Waals surface area contributed by atoms with E-state index in [2.05, 4.69) is 91.9 Å². The van der Waals surface area contributed by atoms with Gasteiger partial charge in [-0.1, -0.05) is 84.5 Å². The van der Waals surface area contributed by atoms with Crippen LogP contribution in [0.25, 0.3) is 32.3 Å². The monoisotopic (exact) mass is 320 g/mol. The van der Waals surface area contributed by atoms with Crippen LogP contribution in [0.3, 0.4) is 0 Å². The third-order valence-corrected chi connectivity index (χ3v) is 5.48. The van der Waals surface area contributed by atoms with Crippen LogP contribution < -0.4 is 0 Å². The molecule has 0 aliphatic heterocycles. The van der Waals surface area contributed by atoms with Crippen LogP contribution in [-0.2, 0) is 0 Å². The maximum Gasteiger partial charge on any atom is 0.00561 e. The zero-order valence-corrected chi connectivity index (χ0v) is 14.4. The first kappa shape index (κ1) is 14.5. The van der Waals surface area contributed by atoms with Gasteiger partial charge in [0.05, 0.1) is 0 Å². The Bertz CT molecular complexity index is 1140.